The zero-order valence-electron chi connectivity index (χ0n) is 10.6. The lowest BCUT2D eigenvalue weighted by atomic mass is 9.98. The topological polar surface area (TPSA) is 65.2 Å². The Labute approximate surface area is 106 Å². The number of hydrogen-bond donors (Lipinski definition) is 2. The molecule has 1 unspecified atom stereocenters. The van der Waals surface area contributed by atoms with Gasteiger partial charge < -0.3 is 15.2 Å². The van der Waals surface area contributed by atoms with Crippen molar-refractivity contribution in [3.63, 3.8) is 0 Å². The number of H-pyrrole nitrogens is 1. The number of pyridine rings is 1. The van der Waals surface area contributed by atoms with Gasteiger partial charge in [-0.05, 0) is 38.4 Å². The highest BCUT2D eigenvalue weighted by atomic mass is 16.2. The van der Waals surface area contributed by atoms with Crippen LogP contribution in [0.25, 0.3) is 0 Å². The Morgan fingerprint density at radius 3 is 3.11 bits per heavy atom. The molecule has 5 nitrogen and oxygen atoms in total. The third-order valence-electron chi connectivity index (χ3n) is 3.29. The zero-order chi connectivity index (χ0) is 13.0. The van der Waals surface area contributed by atoms with Crippen LogP contribution >= 0.6 is 0 Å². The predicted molar refractivity (Wildman–Crippen MR) is 69.6 cm³/mol. The fourth-order valence-electron chi connectivity index (χ4n) is 2.35. The molecular weight excluding hydrogens is 230 g/mol. The monoisotopic (exact) mass is 249 g/mol. The molecule has 0 spiro atoms. The van der Waals surface area contributed by atoms with Crippen molar-refractivity contribution in [2.75, 3.05) is 26.7 Å². The summed E-state index contributed by atoms with van der Waals surface area (Å²) in [6.07, 6.45) is 2.33. The number of carbonyl (C=O) groups excluding carboxylic acids is 1. The third-order valence-corrected chi connectivity index (χ3v) is 3.29. The summed E-state index contributed by atoms with van der Waals surface area (Å²) in [6, 6.07) is 4.60. The van der Waals surface area contributed by atoms with Crippen LogP contribution in [0.5, 0.6) is 0 Å². The minimum atomic E-state index is -0.250. The van der Waals surface area contributed by atoms with Gasteiger partial charge in [0.2, 0.25) is 5.56 Å². The largest absolute Gasteiger partial charge is 0.350 e. The molecule has 1 amide bonds. The van der Waals surface area contributed by atoms with Gasteiger partial charge in [-0.15, -0.1) is 0 Å². The second kappa shape index (κ2) is 5.82. The summed E-state index contributed by atoms with van der Waals surface area (Å²) < 4.78 is 0. The number of rotatable bonds is 3. The SMILES string of the molecule is CN1CCCC(CNC(=O)c2cccc(=O)[nH]2)C1. The van der Waals surface area contributed by atoms with Gasteiger partial charge in [0.1, 0.15) is 5.69 Å². The Morgan fingerprint density at radius 2 is 2.39 bits per heavy atom. The van der Waals surface area contributed by atoms with E-state index < -0.39 is 0 Å². The van der Waals surface area contributed by atoms with Crippen LogP contribution in [-0.4, -0.2) is 42.5 Å². The maximum absolute atomic E-state index is 11.8. The number of piperidine rings is 1. The van der Waals surface area contributed by atoms with E-state index in [9.17, 15) is 9.59 Å². The first-order chi connectivity index (χ1) is 8.65. The van der Waals surface area contributed by atoms with Crippen molar-refractivity contribution < 1.29 is 4.79 Å². The molecule has 0 aromatic carbocycles. The Morgan fingerprint density at radius 1 is 1.56 bits per heavy atom. The molecule has 0 bridgehead atoms. The highest BCUT2D eigenvalue weighted by Crippen LogP contribution is 2.13. The smallest absolute Gasteiger partial charge is 0.267 e. The molecule has 2 rings (SSSR count). The van der Waals surface area contributed by atoms with E-state index in [0.717, 1.165) is 19.5 Å². The minimum Gasteiger partial charge on any atom is -0.350 e. The van der Waals surface area contributed by atoms with Crippen molar-refractivity contribution in [3.05, 3.63) is 34.2 Å². The number of likely N-dealkylation sites (tertiary alicyclic amines) is 1. The van der Waals surface area contributed by atoms with Crippen LogP contribution in [0.2, 0.25) is 0 Å². The van der Waals surface area contributed by atoms with Crippen LogP contribution in [0.15, 0.2) is 23.0 Å². The van der Waals surface area contributed by atoms with Crippen LogP contribution in [-0.2, 0) is 0 Å². The standard InChI is InChI=1S/C13H19N3O2/c1-16-7-3-4-10(9-16)8-14-13(18)11-5-2-6-12(17)15-11/h2,5-6,10H,3-4,7-9H2,1H3,(H,14,18)(H,15,17). The van der Waals surface area contributed by atoms with Crippen molar-refractivity contribution in [1.82, 2.24) is 15.2 Å². The molecule has 0 radical (unpaired) electrons. The number of aromatic amines is 1. The molecule has 1 saturated heterocycles. The molecule has 5 heteroatoms. The molecular formula is C13H19N3O2. The average Bonchev–Trinajstić information content (AvgIpc) is 2.36. The summed E-state index contributed by atoms with van der Waals surface area (Å²) in [5.41, 5.74) is 0.0757. The van der Waals surface area contributed by atoms with Crippen molar-refractivity contribution in [3.8, 4) is 0 Å². The van der Waals surface area contributed by atoms with E-state index in [2.05, 4.69) is 22.2 Å². The second-order valence-electron chi connectivity index (χ2n) is 4.91. The average molecular weight is 249 g/mol. The van der Waals surface area contributed by atoms with Gasteiger partial charge >= 0.3 is 0 Å². The third kappa shape index (κ3) is 3.43. The number of aromatic nitrogens is 1. The minimum absolute atomic E-state index is 0.207. The fraction of sp³-hybridized carbons (Fsp3) is 0.538. The van der Waals surface area contributed by atoms with Crippen LogP contribution < -0.4 is 10.9 Å². The van der Waals surface area contributed by atoms with Gasteiger partial charge in [-0.3, -0.25) is 9.59 Å². The molecule has 2 N–H and O–H groups in total. The number of carbonyl (C=O) groups is 1. The first-order valence-electron chi connectivity index (χ1n) is 6.31. The molecule has 1 aliphatic rings. The van der Waals surface area contributed by atoms with Crippen molar-refractivity contribution in [1.29, 1.82) is 0 Å². The lowest BCUT2D eigenvalue weighted by molar-refractivity contribution is 0.0931. The van der Waals surface area contributed by atoms with E-state index in [1.54, 1.807) is 12.1 Å². The molecule has 1 fully saturated rings. The molecule has 18 heavy (non-hydrogen) atoms. The van der Waals surface area contributed by atoms with E-state index in [1.165, 1.54) is 12.5 Å². The Bertz CT molecular complexity index is 469. The van der Waals surface area contributed by atoms with Crippen molar-refractivity contribution in [2.24, 2.45) is 5.92 Å². The van der Waals surface area contributed by atoms with Crippen LogP contribution in [0.3, 0.4) is 0 Å². The van der Waals surface area contributed by atoms with Gasteiger partial charge in [0.05, 0.1) is 0 Å². The normalized spacial score (nSPS) is 20.6. The molecule has 0 saturated carbocycles. The predicted octanol–water partition coefficient (Wildman–Crippen LogP) is 0.447. The van der Waals surface area contributed by atoms with Crippen molar-refractivity contribution >= 4 is 5.91 Å². The van der Waals surface area contributed by atoms with Crippen molar-refractivity contribution in [2.45, 2.75) is 12.8 Å². The Kier molecular flexibility index (Phi) is 4.15. The van der Waals surface area contributed by atoms with Gasteiger partial charge in [0, 0.05) is 19.2 Å². The molecule has 1 aromatic rings. The van der Waals surface area contributed by atoms with Crippen LogP contribution in [0.4, 0.5) is 0 Å². The maximum atomic E-state index is 11.8. The highest BCUT2D eigenvalue weighted by Gasteiger charge is 2.18. The second-order valence-corrected chi connectivity index (χ2v) is 4.91. The van der Waals surface area contributed by atoms with E-state index in [1.807, 2.05) is 0 Å². The van der Waals surface area contributed by atoms with Gasteiger partial charge in [-0.25, -0.2) is 0 Å². The van der Waals surface area contributed by atoms with Crippen LogP contribution in [0.1, 0.15) is 23.3 Å². The summed E-state index contributed by atoms with van der Waals surface area (Å²) in [5.74, 6) is 0.295. The van der Waals surface area contributed by atoms with Gasteiger partial charge in [0.25, 0.3) is 5.91 Å². The fourth-order valence-corrected chi connectivity index (χ4v) is 2.35. The Hall–Kier alpha value is -1.62. The molecule has 1 aromatic heterocycles. The summed E-state index contributed by atoms with van der Waals surface area (Å²) in [7, 11) is 2.10. The summed E-state index contributed by atoms with van der Waals surface area (Å²) in [5, 5.41) is 2.88. The molecule has 98 valence electrons. The van der Waals surface area contributed by atoms with Gasteiger partial charge in [-0.2, -0.15) is 0 Å². The van der Waals surface area contributed by atoms with E-state index in [-0.39, 0.29) is 11.5 Å². The number of nitrogens with zero attached hydrogens (tertiary/aromatic N) is 1. The van der Waals surface area contributed by atoms with E-state index in [0.29, 0.717) is 18.2 Å². The Balaban J connectivity index is 1.86. The lowest BCUT2D eigenvalue weighted by Crippen LogP contribution is -2.39. The highest BCUT2D eigenvalue weighted by molar-refractivity contribution is 5.92. The first-order valence-corrected chi connectivity index (χ1v) is 6.31. The van der Waals surface area contributed by atoms with E-state index in [4.69, 9.17) is 0 Å². The summed E-state index contributed by atoms with van der Waals surface area (Å²) in [6.45, 7) is 2.82. The number of hydrogen-bond acceptors (Lipinski definition) is 3. The summed E-state index contributed by atoms with van der Waals surface area (Å²) >= 11 is 0. The maximum Gasteiger partial charge on any atom is 0.267 e. The first kappa shape index (κ1) is 12.8. The zero-order valence-corrected chi connectivity index (χ0v) is 10.6. The quantitative estimate of drug-likeness (QED) is 0.817. The summed E-state index contributed by atoms with van der Waals surface area (Å²) in [4.78, 5) is 27.7. The number of nitrogens with one attached hydrogen (secondary N) is 2. The van der Waals surface area contributed by atoms with Gasteiger partial charge in [0.15, 0.2) is 0 Å². The molecule has 0 aliphatic carbocycles. The molecule has 2 heterocycles. The molecule has 1 aliphatic heterocycles. The molecule has 1 atom stereocenters. The number of amides is 1. The van der Waals surface area contributed by atoms with E-state index >= 15 is 0 Å². The lowest BCUT2D eigenvalue weighted by Gasteiger charge is -2.29. The van der Waals surface area contributed by atoms with Crippen LogP contribution in [0, 0.1) is 5.92 Å². The van der Waals surface area contributed by atoms with Gasteiger partial charge in [-0.1, -0.05) is 6.07 Å².